The molecule has 0 saturated carbocycles. The molecule has 0 spiro atoms. The zero-order chi connectivity index (χ0) is 21.5. The Hall–Kier alpha value is -3.01. The van der Waals surface area contributed by atoms with Crippen molar-refractivity contribution in [2.75, 3.05) is 23.7 Å². The van der Waals surface area contributed by atoms with E-state index in [1.165, 1.54) is 4.57 Å². The normalized spacial score (nSPS) is 15.4. The van der Waals surface area contributed by atoms with Crippen LogP contribution < -0.4 is 16.1 Å². The smallest absolute Gasteiger partial charge is 0.329 e. The molecule has 31 heavy (non-hydrogen) atoms. The van der Waals surface area contributed by atoms with E-state index in [9.17, 15) is 9.59 Å². The van der Waals surface area contributed by atoms with Crippen LogP contribution in [0.25, 0.3) is 22.2 Å². The Morgan fingerprint density at radius 1 is 1.13 bits per heavy atom. The molecular weight excluding hydrogens is 414 g/mol. The van der Waals surface area contributed by atoms with Gasteiger partial charge in [0.2, 0.25) is 5.95 Å². The number of piperidine rings is 1. The van der Waals surface area contributed by atoms with E-state index in [1.807, 2.05) is 28.8 Å². The molecule has 2 N–H and O–H groups in total. The second-order valence-corrected chi connectivity index (χ2v) is 9.21. The summed E-state index contributed by atoms with van der Waals surface area (Å²) in [4.78, 5) is 42.1. The zero-order valence-corrected chi connectivity index (χ0v) is 18.4. The number of benzene rings is 1. The molecule has 5 rings (SSSR count). The highest BCUT2D eigenvalue weighted by Crippen LogP contribution is 2.26. The summed E-state index contributed by atoms with van der Waals surface area (Å²) in [6.45, 7) is 4.64. The lowest BCUT2D eigenvalue weighted by molar-refractivity contribution is 0.432. The molecule has 1 saturated heterocycles. The number of hydrogen-bond donors (Lipinski definition) is 2. The van der Waals surface area contributed by atoms with Crippen molar-refractivity contribution in [2.24, 2.45) is 13.0 Å². The van der Waals surface area contributed by atoms with Gasteiger partial charge in [0.05, 0.1) is 11.0 Å². The third kappa shape index (κ3) is 3.65. The van der Waals surface area contributed by atoms with Crippen molar-refractivity contribution in [3.63, 3.8) is 0 Å². The van der Waals surface area contributed by atoms with Gasteiger partial charge in [0.15, 0.2) is 16.3 Å². The van der Waals surface area contributed by atoms with E-state index in [-0.39, 0.29) is 0 Å². The van der Waals surface area contributed by atoms with Crippen molar-refractivity contribution in [3.05, 3.63) is 45.1 Å². The molecule has 0 aliphatic carbocycles. The molecule has 4 heterocycles. The number of rotatable bonds is 5. The number of H-pyrrole nitrogens is 2. The predicted molar refractivity (Wildman–Crippen MR) is 123 cm³/mol. The van der Waals surface area contributed by atoms with Crippen LogP contribution in [0.3, 0.4) is 0 Å². The zero-order valence-electron chi connectivity index (χ0n) is 17.6. The van der Waals surface area contributed by atoms with Gasteiger partial charge >= 0.3 is 5.69 Å². The molecule has 162 valence electrons. The van der Waals surface area contributed by atoms with Gasteiger partial charge in [-0.1, -0.05) is 30.8 Å². The van der Waals surface area contributed by atoms with Gasteiger partial charge in [-0.3, -0.25) is 14.3 Å². The first-order valence-electron chi connectivity index (χ1n) is 10.5. The number of aromatic nitrogens is 6. The van der Waals surface area contributed by atoms with Gasteiger partial charge in [-0.05, 0) is 30.9 Å². The van der Waals surface area contributed by atoms with Gasteiger partial charge in [0.25, 0.3) is 5.56 Å². The molecule has 4 aromatic rings. The Bertz CT molecular complexity index is 1320. The minimum Gasteiger partial charge on any atom is -0.342 e. The highest BCUT2D eigenvalue weighted by Gasteiger charge is 2.24. The Balaban J connectivity index is 1.48. The van der Waals surface area contributed by atoms with Gasteiger partial charge in [-0.15, -0.1) is 0 Å². The maximum absolute atomic E-state index is 12.7. The van der Waals surface area contributed by atoms with Crippen molar-refractivity contribution in [1.29, 1.82) is 0 Å². The minimum atomic E-state index is -0.447. The third-order valence-corrected chi connectivity index (χ3v) is 6.83. The molecular formula is C21H25N7O2S. The van der Waals surface area contributed by atoms with Crippen LogP contribution in [0.5, 0.6) is 0 Å². The Morgan fingerprint density at radius 2 is 1.90 bits per heavy atom. The first-order valence-corrected chi connectivity index (χ1v) is 11.5. The predicted octanol–water partition coefficient (Wildman–Crippen LogP) is 2.33. The van der Waals surface area contributed by atoms with Crippen molar-refractivity contribution in [3.8, 4) is 0 Å². The van der Waals surface area contributed by atoms with E-state index in [0.29, 0.717) is 29.4 Å². The summed E-state index contributed by atoms with van der Waals surface area (Å²) in [6, 6.07) is 7.94. The second-order valence-electron chi connectivity index (χ2n) is 8.13. The third-order valence-electron chi connectivity index (χ3n) is 5.97. The van der Waals surface area contributed by atoms with Gasteiger partial charge in [-0.25, -0.2) is 9.78 Å². The van der Waals surface area contributed by atoms with Gasteiger partial charge < -0.3 is 14.5 Å². The van der Waals surface area contributed by atoms with Crippen LogP contribution in [-0.2, 0) is 13.6 Å². The number of nitrogens with zero attached hydrogens (tertiary/aromatic N) is 5. The largest absolute Gasteiger partial charge is 0.342 e. The molecule has 1 aliphatic rings. The molecule has 1 aromatic carbocycles. The number of hydrogen-bond acceptors (Lipinski definition) is 6. The van der Waals surface area contributed by atoms with E-state index in [1.54, 1.807) is 18.8 Å². The molecule has 0 radical (unpaired) electrons. The standard InChI is InChI=1S/C21H25N7O2S/c1-13-7-9-27(10-8-13)20-24-17-16(18(29)25-21(30)26(17)2)28(20)11-12-31-19-22-14-5-3-4-6-15(14)23-19/h3-6,13H,7-12H2,1-2H3,(H,22,23)(H,25,29,30). The van der Waals surface area contributed by atoms with Crippen LogP contribution in [0.15, 0.2) is 39.0 Å². The lowest BCUT2D eigenvalue weighted by Gasteiger charge is -2.31. The maximum atomic E-state index is 12.7. The molecule has 9 nitrogen and oxygen atoms in total. The second kappa shape index (κ2) is 7.92. The molecule has 0 atom stereocenters. The van der Waals surface area contributed by atoms with Gasteiger partial charge in [-0.2, -0.15) is 4.98 Å². The van der Waals surface area contributed by atoms with Crippen molar-refractivity contribution in [1.82, 2.24) is 29.1 Å². The number of aromatic amines is 2. The van der Waals surface area contributed by atoms with E-state index in [2.05, 4.69) is 26.8 Å². The van der Waals surface area contributed by atoms with Gasteiger partial charge in [0, 0.05) is 32.4 Å². The molecule has 1 fully saturated rings. The van der Waals surface area contributed by atoms with Crippen LogP contribution in [0.1, 0.15) is 19.8 Å². The Kier molecular flexibility index (Phi) is 5.09. The summed E-state index contributed by atoms with van der Waals surface area (Å²) in [5.41, 5.74) is 1.98. The Labute approximate surface area is 182 Å². The van der Waals surface area contributed by atoms with Crippen molar-refractivity contribution < 1.29 is 0 Å². The fourth-order valence-corrected chi connectivity index (χ4v) is 4.93. The molecule has 3 aromatic heterocycles. The summed E-state index contributed by atoms with van der Waals surface area (Å²) >= 11 is 1.61. The van der Waals surface area contributed by atoms with Crippen LogP contribution in [0.2, 0.25) is 0 Å². The van der Waals surface area contributed by atoms with E-state index < -0.39 is 11.2 Å². The molecule has 1 aliphatic heterocycles. The Morgan fingerprint density at radius 3 is 2.68 bits per heavy atom. The number of anilines is 1. The van der Waals surface area contributed by atoms with Crippen LogP contribution in [0, 0.1) is 5.92 Å². The summed E-state index contributed by atoms with van der Waals surface area (Å²) in [6.07, 6.45) is 2.18. The summed E-state index contributed by atoms with van der Waals surface area (Å²) in [7, 11) is 1.64. The van der Waals surface area contributed by atoms with E-state index >= 15 is 0 Å². The number of aryl methyl sites for hydroxylation is 2. The minimum absolute atomic E-state index is 0.393. The number of para-hydroxylation sites is 2. The van der Waals surface area contributed by atoms with Crippen LogP contribution in [0.4, 0.5) is 5.95 Å². The highest BCUT2D eigenvalue weighted by atomic mass is 32.2. The number of fused-ring (bicyclic) bond motifs is 2. The monoisotopic (exact) mass is 439 g/mol. The number of nitrogens with one attached hydrogen (secondary N) is 2. The van der Waals surface area contributed by atoms with Crippen LogP contribution >= 0.6 is 11.8 Å². The molecule has 0 unspecified atom stereocenters. The maximum Gasteiger partial charge on any atom is 0.329 e. The molecule has 0 bridgehead atoms. The SMILES string of the molecule is CC1CCN(c2nc3c(c(=O)[nH]c(=O)n3C)n2CCSc2nc3ccccc3[nH]2)CC1. The average molecular weight is 440 g/mol. The summed E-state index contributed by atoms with van der Waals surface area (Å²) in [5.74, 6) is 2.16. The van der Waals surface area contributed by atoms with E-state index in [4.69, 9.17) is 4.98 Å². The highest BCUT2D eigenvalue weighted by molar-refractivity contribution is 7.99. The first-order chi connectivity index (χ1) is 15.0. The lowest BCUT2D eigenvalue weighted by Crippen LogP contribution is -2.35. The van der Waals surface area contributed by atoms with Crippen molar-refractivity contribution in [2.45, 2.75) is 31.5 Å². The van der Waals surface area contributed by atoms with Gasteiger partial charge in [0.1, 0.15) is 0 Å². The fraction of sp³-hybridized carbons (Fsp3) is 0.429. The van der Waals surface area contributed by atoms with Crippen LogP contribution in [-0.4, -0.2) is 47.9 Å². The lowest BCUT2D eigenvalue weighted by atomic mass is 10.00. The number of imidazole rings is 2. The van der Waals surface area contributed by atoms with Crippen molar-refractivity contribution >= 4 is 39.9 Å². The summed E-state index contributed by atoms with van der Waals surface area (Å²) < 4.78 is 3.37. The molecule has 10 heteroatoms. The fourth-order valence-electron chi connectivity index (χ4n) is 4.12. The average Bonchev–Trinajstić information content (AvgIpc) is 3.34. The molecule has 0 amide bonds. The quantitative estimate of drug-likeness (QED) is 0.463. The first kappa shape index (κ1) is 19.9. The topological polar surface area (TPSA) is 105 Å². The number of thioether (sulfide) groups is 1. The van der Waals surface area contributed by atoms with E-state index in [0.717, 1.165) is 48.1 Å². The summed E-state index contributed by atoms with van der Waals surface area (Å²) in [5, 5.41) is 0.847.